The largest absolute Gasteiger partial charge is 0.370 e. The van der Waals surface area contributed by atoms with E-state index in [4.69, 9.17) is 11.5 Å². The van der Waals surface area contributed by atoms with Crippen LogP contribution in [0.25, 0.3) is 0 Å². The second kappa shape index (κ2) is 5.97. The Kier molecular flexibility index (Phi) is 4.90. The predicted octanol–water partition coefficient (Wildman–Crippen LogP) is -0.845. The van der Waals surface area contributed by atoms with E-state index in [1.807, 2.05) is 11.8 Å². The van der Waals surface area contributed by atoms with E-state index in [0.29, 0.717) is 0 Å². The number of nitrogens with zero attached hydrogens (tertiary/aromatic N) is 1. The Hall–Kier alpha value is -0.750. The highest BCUT2D eigenvalue weighted by Gasteiger charge is 2.22. The Bertz CT molecular complexity index is 240. The van der Waals surface area contributed by atoms with Crippen molar-refractivity contribution in [1.82, 2.24) is 4.90 Å². The smallest absolute Gasteiger partial charge is 0.240 e. The van der Waals surface area contributed by atoms with Gasteiger partial charge in [0.25, 0.3) is 0 Å². The van der Waals surface area contributed by atoms with Gasteiger partial charge in [-0.25, -0.2) is 0 Å². The lowest BCUT2D eigenvalue weighted by Gasteiger charge is -2.23. The van der Waals surface area contributed by atoms with E-state index in [0.717, 1.165) is 31.0 Å². The number of hydrogen-bond acceptors (Lipinski definition) is 4. The molecular weight excluding hydrogens is 214 g/mol. The number of amides is 2. The standard InChI is InChI=1S/C9H17N3O2S/c10-7(6-8(11)13)9(14)12-2-1-4-15-5-3-12/h7H,1-6,10H2,(H2,11,13). The second-order valence-electron chi connectivity index (χ2n) is 3.57. The number of thioether (sulfide) groups is 1. The topological polar surface area (TPSA) is 89.4 Å². The van der Waals surface area contributed by atoms with Crippen molar-refractivity contribution in [2.24, 2.45) is 11.5 Å². The lowest BCUT2D eigenvalue weighted by Crippen LogP contribution is -2.46. The van der Waals surface area contributed by atoms with Crippen LogP contribution in [0.3, 0.4) is 0 Å². The molecule has 0 aromatic rings. The van der Waals surface area contributed by atoms with Crippen LogP contribution in [0.5, 0.6) is 0 Å². The average molecular weight is 231 g/mol. The van der Waals surface area contributed by atoms with Crippen molar-refractivity contribution in [3.63, 3.8) is 0 Å². The summed E-state index contributed by atoms with van der Waals surface area (Å²) in [6, 6.07) is -0.773. The molecule has 15 heavy (non-hydrogen) atoms. The molecule has 86 valence electrons. The van der Waals surface area contributed by atoms with Gasteiger partial charge in [0.1, 0.15) is 0 Å². The molecule has 1 unspecified atom stereocenters. The molecule has 4 N–H and O–H groups in total. The fourth-order valence-corrected chi connectivity index (χ4v) is 2.39. The molecule has 6 heteroatoms. The molecule has 0 saturated carbocycles. The number of primary amides is 1. The third-order valence-electron chi connectivity index (χ3n) is 2.27. The molecule has 1 saturated heterocycles. The van der Waals surface area contributed by atoms with Gasteiger partial charge < -0.3 is 16.4 Å². The molecule has 1 rings (SSSR count). The molecule has 0 aromatic carbocycles. The van der Waals surface area contributed by atoms with Crippen molar-refractivity contribution in [2.45, 2.75) is 18.9 Å². The van der Waals surface area contributed by atoms with E-state index < -0.39 is 11.9 Å². The molecule has 0 spiro atoms. The molecule has 0 aliphatic carbocycles. The first-order valence-electron chi connectivity index (χ1n) is 5.01. The molecule has 5 nitrogen and oxygen atoms in total. The minimum Gasteiger partial charge on any atom is -0.370 e. The number of hydrogen-bond donors (Lipinski definition) is 2. The molecular formula is C9H17N3O2S. The van der Waals surface area contributed by atoms with Gasteiger partial charge in [0, 0.05) is 18.8 Å². The molecule has 1 atom stereocenters. The van der Waals surface area contributed by atoms with E-state index in [9.17, 15) is 9.59 Å². The van der Waals surface area contributed by atoms with E-state index in [2.05, 4.69) is 0 Å². The lowest BCUT2D eigenvalue weighted by atomic mass is 10.2. The molecule has 0 radical (unpaired) electrons. The summed E-state index contributed by atoms with van der Waals surface area (Å²) >= 11 is 1.84. The minimum atomic E-state index is -0.773. The molecule has 0 bridgehead atoms. The van der Waals surface area contributed by atoms with Gasteiger partial charge >= 0.3 is 0 Å². The summed E-state index contributed by atoms with van der Waals surface area (Å²) in [6.45, 7) is 1.45. The van der Waals surface area contributed by atoms with Gasteiger partial charge in [-0.2, -0.15) is 11.8 Å². The summed E-state index contributed by atoms with van der Waals surface area (Å²) in [6.07, 6.45) is 0.919. The van der Waals surface area contributed by atoms with Crippen molar-refractivity contribution < 1.29 is 9.59 Å². The van der Waals surface area contributed by atoms with Crippen molar-refractivity contribution in [1.29, 1.82) is 0 Å². The van der Waals surface area contributed by atoms with Gasteiger partial charge in [0.2, 0.25) is 11.8 Å². The SMILES string of the molecule is NC(=O)CC(N)C(=O)N1CCCSCC1. The van der Waals surface area contributed by atoms with Gasteiger partial charge in [-0.15, -0.1) is 0 Å². The predicted molar refractivity (Wildman–Crippen MR) is 60.3 cm³/mol. The summed E-state index contributed by atoms with van der Waals surface area (Å²) in [7, 11) is 0. The van der Waals surface area contributed by atoms with Crippen LogP contribution in [0.1, 0.15) is 12.8 Å². The van der Waals surface area contributed by atoms with E-state index >= 15 is 0 Å². The summed E-state index contributed by atoms with van der Waals surface area (Å²) in [5.74, 6) is 1.33. The summed E-state index contributed by atoms with van der Waals surface area (Å²) in [5, 5.41) is 0. The minimum absolute atomic E-state index is 0.0670. The first-order valence-corrected chi connectivity index (χ1v) is 6.17. The Labute approximate surface area is 93.5 Å². The summed E-state index contributed by atoms with van der Waals surface area (Å²) < 4.78 is 0. The van der Waals surface area contributed by atoms with Crippen LogP contribution in [-0.4, -0.2) is 47.4 Å². The highest BCUT2D eigenvalue weighted by molar-refractivity contribution is 7.99. The van der Waals surface area contributed by atoms with Crippen molar-refractivity contribution in [2.75, 3.05) is 24.6 Å². The Morgan fingerprint density at radius 1 is 1.33 bits per heavy atom. The van der Waals surface area contributed by atoms with Gasteiger partial charge in [-0.1, -0.05) is 0 Å². The van der Waals surface area contributed by atoms with Gasteiger partial charge in [0.15, 0.2) is 0 Å². The van der Waals surface area contributed by atoms with Crippen LogP contribution in [0.2, 0.25) is 0 Å². The van der Waals surface area contributed by atoms with Crippen LogP contribution >= 0.6 is 11.8 Å². The number of carbonyl (C=O) groups is 2. The number of nitrogens with two attached hydrogens (primary N) is 2. The zero-order chi connectivity index (χ0) is 11.3. The monoisotopic (exact) mass is 231 g/mol. The fourth-order valence-electron chi connectivity index (χ4n) is 1.51. The van der Waals surface area contributed by atoms with Crippen molar-refractivity contribution >= 4 is 23.6 Å². The third kappa shape index (κ3) is 4.09. The third-order valence-corrected chi connectivity index (χ3v) is 3.32. The highest BCUT2D eigenvalue weighted by Crippen LogP contribution is 2.11. The molecule has 2 amide bonds. The molecule has 1 heterocycles. The lowest BCUT2D eigenvalue weighted by molar-refractivity contribution is -0.134. The fraction of sp³-hybridized carbons (Fsp3) is 0.778. The molecule has 1 aliphatic heterocycles. The maximum absolute atomic E-state index is 11.8. The van der Waals surface area contributed by atoms with Crippen LogP contribution in [0.4, 0.5) is 0 Å². The van der Waals surface area contributed by atoms with Gasteiger partial charge in [-0.05, 0) is 12.2 Å². The highest BCUT2D eigenvalue weighted by atomic mass is 32.2. The zero-order valence-electron chi connectivity index (χ0n) is 8.65. The second-order valence-corrected chi connectivity index (χ2v) is 4.79. The van der Waals surface area contributed by atoms with Crippen LogP contribution in [-0.2, 0) is 9.59 Å². The number of rotatable bonds is 3. The quantitative estimate of drug-likeness (QED) is 0.662. The molecule has 1 fully saturated rings. The first kappa shape index (κ1) is 12.3. The van der Waals surface area contributed by atoms with Crippen LogP contribution in [0, 0.1) is 0 Å². The molecule has 1 aliphatic rings. The maximum atomic E-state index is 11.8. The Balaban J connectivity index is 2.46. The van der Waals surface area contributed by atoms with E-state index in [-0.39, 0.29) is 12.3 Å². The Morgan fingerprint density at radius 2 is 2.07 bits per heavy atom. The van der Waals surface area contributed by atoms with E-state index in [1.54, 1.807) is 4.90 Å². The van der Waals surface area contributed by atoms with Crippen LogP contribution < -0.4 is 11.5 Å². The van der Waals surface area contributed by atoms with Crippen molar-refractivity contribution in [3.05, 3.63) is 0 Å². The maximum Gasteiger partial charge on any atom is 0.240 e. The zero-order valence-corrected chi connectivity index (χ0v) is 9.46. The van der Waals surface area contributed by atoms with Crippen LogP contribution in [0.15, 0.2) is 0 Å². The average Bonchev–Trinajstić information content (AvgIpc) is 2.43. The van der Waals surface area contributed by atoms with E-state index in [1.165, 1.54) is 0 Å². The van der Waals surface area contributed by atoms with Crippen molar-refractivity contribution in [3.8, 4) is 0 Å². The normalized spacial score (nSPS) is 19.4. The van der Waals surface area contributed by atoms with Gasteiger partial charge in [-0.3, -0.25) is 9.59 Å². The summed E-state index contributed by atoms with van der Waals surface area (Å²) in [5.41, 5.74) is 10.6. The Morgan fingerprint density at radius 3 is 2.73 bits per heavy atom. The number of carbonyl (C=O) groups excluding carboxylic acids is 2. The first-order chi connectivity index (χ1) is 7.11. The summed E-state index contributed by atoms with van der Waals surface area (Å²) in [4.78, 5) is 24.1. The van der Waals surface area contributed by atoms with Gasteiger partial charge in [0.05, 0.1) is 12.5 Å². The molecule has 0 aromatic heterocycles.